The summed E-state index contributed by atoms with van der Waals surface area (Å²) < 4.78 is 29.8. The molecule has 2 heterocycles. The molecule has 1 aromatic carbocycles. The van der Waals surface area contributed by atoms with Gasteiger partial charge in [0.15, 0.2) is 0 Å². The second kappa shape index (κ2) is 7.76. The molecule has 5 nitrogen and oxygen atoms in total. The van der Waals surface area contributed by atoms with E-state index in [9.17, 15) is 8.42 Å². The highest BCUT2D eigenvalue weighted by molar-refractivity contribution is 7.89. The predicted molar refractivity (Wildman–Crippen MR) is 108 cm³/mol. The Morgan fingerprint density at radius 3 is 2.30 bits per heavy atom. The molecule has 0 radical (unpaired) electrons. The Labute approximate surface area is 163 Å². The van der Waals surface area contributed by atoms with Gasteiger partial charge in [0, 0.05) is 38.4 Å². The first-order chi connectivity index (χ1) is 12.7. The van der Waals surface area contributed by atoms with Gasteiger partial charge < -0.3 is 4.57 Å². The number of nitrogens with zero attached hydrogens (tertiary/aromatic N) is 3. The third-order valence-corrected chi connectivity index (χ3v) is 7.42. The van der Waals surface area contributed by atoms with Crippen molar-refractivity contribution in [1.29, 1.82) is 0 Å². The van der Waals surface area contributed by atoms with Crippen LogP contribution in [0.4, 0.5) is 0 Å². The van der Waals surface area contributed by atoms with Crippen LogP contribution in [0.15, 0.2) is 41.6 Å². The Balaban J connectivity index is 1.64. The highest BCUT2D eigenvalue weighted by atomic mass is 32.2. The lowest BCUT2D eigenvalue weighted by atomic mass is 9.87. The molecule has 6 heteroatoms. The molecular formula is C21H31N3O2S. The molecule has 0 bridgehead atoms. The van der Waals surface area contributed by atoms with E-state index < -0.39 is 10.0 Å². The molecule has 0 aliphatic carbocycles. The minimum atomic E-state index is -3.41. The average Bonchev–Trinajstić information content (AvgIpc) is 3.09. The minimum Gasteiger partial charge on any atom is -0.335 e. The van der Waals surface area contributed by atoms with Crippen LogP contribution in [0.5, 0.6) is 0 Å². The molecule has 0 amide bonds. The molecule has 0 unspecified atom stereocenters. The van der Waals surface area contributed by atoms with E-state index in [1.807, 2.05) is 24.5 Å². The van der Waals surface area contributed by atoms with Gasteiger partial charge >= 0.3 is 0 Å². The third-order valence-electron chi connectivity index (χ3n) is 5.50. The van der Waals surface area contributed by atoms with Crippen molar-refractivity contribution < 1.29 is 8.42 Å². The smallest absolute Gasteiger partial charge is 0.243 e. The highest BCUT2D eigenvalue weighted by Gasteiger charge is 2.30. The van der Waals surface area contributed by atoms with Crippen LogP contribution in [0.1, 0.15) is 51.9 Å². The zero-order valence-electron chi connectivity index (χ0n) is 16.9. The molecule has 1 aliphatic heterocycles. The normalized spacial score (nSPS) is 17.3. The average molecular weight is 390 g/mol. The van der Waals surface area contributed by atoms with E-state index in [0.29, 0.717) is 23.9 Å². The lowest BCUT2D eigenvalue weighted by Crippen LogP contribution is -2.39. The molecular weight excluding hydrogens is 358 g/mol. The molecule has 0 spiro atoms. The third kappa shape index (κ3) is 4.43. The largest absolute Gasteiger partial charge is 0.335 e. The summed E-state index contributed by atoms with van der Waals surface area (Å²) in [6.07, 6.45) is 6.57. The molecule has 1 saturated heterocycles. The summed E-state index contributed by atoms with van der Waals surface area (Å²) in [6.45, 7) is 10.6. The molecule has 2 aromatic rings. The van der Waals surface area contributed by atoms with Crippen LogP contribution in [0.2, 0.25) is 0 Å². The molecule has 1 fully saturated rings. The van der Waals surface area contributed by atoms with Crippen LogP contribution >= 0.6 is 0 Å². The van der Waals surface area contributed by atoms with Crippen molar-refractivity contribution in [3.05, 3.63) is 48.0 Å². The summed E-state index contributed by atoms with van der Waals surface area (Å²) in [5.74, 6) is 1.60. The van der Waals surface area contributed by atoms with Crippen LogP contribution in [-0.4, -0.2) is 35.4 Å². The fraction of sp³-hybridized carbons (Fsp3) is 0.571. The van der Waals surface area contributed by atoms with Crippen molar-refractivity contribution in [2.45, 2.75) is 63.8 Å². The van der Waals surface area contributed by atoms with E-state index >= 15 is 0 Å². The van der Waals surface area contributed by atoms with Crippen LogP contribution in [0.25, 0.3) is 0 Å². The van der Waals surface area contributed by atoms with Gasteiger partial charge in [-0.05, 0) is 41.9 Å². The van der Waals surface area contributed by atoms with Crippen molar-refractivity contribution in [2.24, 2.45) is 5.92 Å². The van der Waals surface area contributed by atoms with Gasteiger partial charge in [-0.1, -0.05) is 39.8 Å². The van der Waals surface area contributed by atoms with Gasteiger partial charge in [-0.2, -0.15) is 4.31 Å². The maximum Gasteiger partial charge on any atom is 0.243 e. The van der Waals surface area contributed by atoms with Gasteiger partial charge in [0.05, 0.1) is 4.90 Å². The van der Waals surface area contributed by atoms with Gasteiger partial charge in [0.1, 0.15) is 5.82 Å². The summed E-state index contributed by atoms with van der Waals surface area (Å²) in [5.41, 5.74) is 1.16. The van der Waals surface area contributed by atoms with Crippen molar-refractivity contribution in [2.75, 3.05) is 13.1 Å². The van der Waals surface area contributed by atoms with Crippen molar-refractivity contribution in [3.8, 4) is 0 Å². The van der Waals surface area contributed by atoms with Gasteiger partial charge in [0.25, 0.3) is 0 Å². The molecule has 3 rings (SSSR count). The van der Waals surface area contributed by atoms with Gasteiger partial charge in [-0.15, -0.1) is 0 Å². The van der Waals surface area contributed by atoms with Crippen LogP contribution in [-0.2, 0) is 28.4 Å². The number of aryl methyl sites for hydroxylation is 1. The summed E-state index contributed by atoms with van der Waals surface area (Å²) >= 11 is 0. The Bertz CT molecular complexity index is 856. The number of aromatic nitrogens is 2. The van der Waals surface area contributed by atoms with E-state index in [1.165, 1.54) is 0 Å². The first kappa shape index (κ1) is 20.1. The number of imidazole rings is 1. The molecule has 27 heavy (non-hydrogen) atoms. The van der Waals surface area contributed by atoms with E-state index in [1.54, 1.807) is 16.4 Å². The standard InChI is InChI=1S/C21H31N3O2S/c1-5-20-22-12-15-23(20)16-17-10-13-24(14-11-17)27(25,26)19-8-6-18(7-9-19)21(2,3)4/h6-9,12,15,17H,5,10-11,13-14,16H2,1-4H3. The second-order valence-corrected chi connectivity index (χ2v) is 10.4. The first-order valence-corrected chi connectivity index (χ1v) is 11.3. The van der Waals surface area contributed by atoms with E-state index in [2.05, 4.69) is 37.2 Å². The Morgan fingerprint density at radius 1 is 1.11 bits per heavy atom. The quantitative estimate of drug-likeness (QED) is 0.781. The van der Waals surface area contributed by atoms with Gasteiger partial charge in [-0.25, -0.2) is 13.4 Å². The summed E-state index contributed by atoms with van der Waals surface area (Å²) in [6, 6.07) is 7.37. The summed E-state index contributed by atoms with van der Waals surface area (Å²) in [7, 11) is -3.41. The monoisotopic (exact) mass is 389 g/mol. The topological polar surface area (TPSA) is 55.2 Å². The molecule has 0 saturated carbocycles. The Hall–Kier alpha value is -1.66. The number of benzene rings is 1. The fourth-order valence-electron chi connectivity index (χ4n) is 3.71. The first-order valence-electron chi connectivity index (χ1n) is 9.82. The zero-order chi connectivity index (χ0) is 19.7. The minimum absolute atomic E-state index is 0.0191. The van der Waals surface area contributed by atoms with Crippen LogP contribution in [0.3, 0.4) is 0 Å². The number of hydrogen-bond donors (Lipinski definition) is 0. The summed E-state index contributed by atoms with van der Waals surface area (Å²) in [5, 5.41) is 0. The Kier molecular flexibility index (Phi) is 5.77. The number of rotatable bonds is 5. The van der Waals surface area contributed by atoms with Crippen LogP contribution in [0, 0.1) is 5.92 Å². The summed E-state index contributed by atoms with van der Waals surface area (Å²) in [4.78, 5) is 4.77. The van der Waals surface area contributed by atoms with Gasteiger partial charge in [-0.3, -0.25) is 0 Å². The van der Waals surface area contributed by atoms with E-state index in [0.717, 1.165) is 37.2 Å². The molecule has 0 N–H and O–H groups in total. The lowest BCUT2D eigenvalue weighted by molar-refractivity contribution is 0.251. The maximum absolute atomic E-state index is 13.0. The number of hydrogen-bond acceptors (Lipinski definition) is 3. The lowest BCUT2D eigenvalue weighted by Gasteiger charge is -2.31. The van der Waals surface area contributed by atoms with Crippen molar-refractivity contribution in [3.63, 3.8) is 0 Å². The van der Waals surface area contributed by atoms with E-state index in [-0.39, 0.29) is 5.41 Å². The number of sulfonamides is 1. The zero-order valence-corrected chi connectivity index (χ0v) is 17.7. The molecule has 0 atom stereocenters. The molecule has 1 aromatic heterocycles. The number of piperidine rings is 1. The fourth-order valence-corrected chi connectivity index (χ4v) is 5.18. The Morgan fingerprint density at radius 2 is 1.74 bits per heavy atom. The predicted octanol–water partition coefficient (Wildman–Crippen LogP) is 3.84. The molecule has 1 aliphatic rings. The van der Waals surface area contributed by atoms with Crippen molar-refractivity contribution >= 4 is 10.0 Å². The maximum atomic E-state index is 13.0. The van der Waals surface area contributed by atoms with E-state index in [4.69, 9.17) is 0 Å². The SMILES string of the molecule is CCc1nccn1CC1CCN(S(=O)(=O)c2ccc(C(C)(C)C)cc2)CC1. The van der Waals surface area contributed by atoms with Gasteiger partial charge in [0.2, 0.25) is 10.0 Å². The van der Waals surface area contributed by atoms with Crippen molar-refractivity contribution in [1.82, 2.24) is 13.9 Å². The second-order valence-electron chi connectivity index (χ2n) is 8.47. The van der Waals surface area contributed by atoms with Crippen LogP contribution < -0.4 is 0 Å². The molecule has 148 valence electrons. The highest BCUT2D eigenvalue weighted by Crippen LogP contribution is 2.27.